The first-order valence-electron chi connectivity index (χ1n) is 7.15. The topological polar surface area (TPSA) is 37.3 Å². The van der Waals surface area contributed by atoms with E-state index >= 15 is 0 Å². The summed E-state index contributed by atoms with van der Waals surface area (Å²) in [6, 6.07) is 0. The van der Waals surface area contributed by atoms with Gasteiger partial charge < -0.3 is 5.11 Å². The van der Waals surface area contributed by atoms with Crippen LogP contribution in [-0.4, -0.2) is 11.1 Å². The molecule has 1 saturated carbocycles. The van der Waals surface area contributed by atoms with Crippen LogP contribution in [0.4, 0.5) is 0 Å². The molecular weight excluding hydrogens is 248 g/mol. The predicted octanol–water partition coefficient (Wildman–Crippen LogP) is 4.43. The molecule has 1 N–H and O–H groups in total. The van der Waals surface area contributed by atoms with E-state index in [2.05, 4.69) is 18.9 Å². The third-order valence-electron chi connectivity index (χ3n) is 4.86. The lowest BCUT2D eigenvalue weighted by molar-refractivity contribution is -0.145. The Morgan fingerprint density at radius 2 is 1.85 bits per heavy atom. The number of hydrogen-bond acceptors (Lipinski definition) is 1. The zero-order valence-electron chi connectivity index (χ0n) is 13.5. The standard InChI is InChI=1S/C18H26O2/c1-8-10-14(5)12-18(15(19)20)16(6,7)17(18,9-2)11-13(3)4/h2,10-11H,8,12H2,1,3-7H3,(H,19,20)/t17?,18-/m1/s1. The molecule has 2 atom stereocenters. The Morgan fingerprint density at radius 1 is 1.30 bits per heavy atom. The van der Waals surface area contributed by atoms with Crippen LogP contribution in [0.2, 0.25) is 0 Å². The van der Waals surface area contributed by atoms with Crippen molar-refractivity contribution in [2.45, 2.75) is 54.4 Å². The number of carbonyl (C=O) groups is 1. The van der Waals surface area contributed by atoms with Crippen LogP contribution in [0.3, 0.4) is 0 Å². The van der Waals surface area contributed by atoms with Gasteiger partial charge in [0.05, 0.1) is 10.8 Å². The van der Waals surface area contributed by atoms with Crippen LogP contribution in [0.1, 0.15) is 54.4 Å². The van der Waals surface area contributed by atoms with Gasteiger partial charge in [-0.25, -0.2) is 0 Å². The Kier molecular flexibility index (Phi) is 4.25. The number of terminal acetylenes is 1. The second kappa shape index (κ2) is 5.13. The first-order valence-corrected chi connectivity index (χ1v) is 7.15. The summed E-state index contributed by atoms with van der Waals surface area (Å²) in [6.45, 7) is 11.9. The van der Waals surface area contributed by atoms with Gasteiger partial charge in [0.25, 0.3) is 0 Å². The summed E-state index contributed by atoms with van der Waals surface area (Å²) in [5, 5.41) is 9.88. The second-order valence-corrected chi connectivity index (χ2v) is 6.65. The number of rotatable bonds is 5. The van der Waals surface area contributed by atoms with Crippen LogP contribution in [0.15, 0.2) is 23.3 Å². The Hall–Kier alpha value is -1.49. The van der Waals surface area contributed by atoms with Crippen molar-refractivity contribution in [3.63, 3.8) is 0 Å². The zero-order chi connectivity index (χ0) is 15.8. The molecule has 0 aromatic carbocycles. The van der Waals surface area contributed by atoms with Gasteiger partial charge in [-0.15, -0.1) is 6.42 Å². The molecule has 0 saturated heterocycles. The smallest absolute Gasteiger partial charge is 0.312 e. The predicted molar refractivity (Wildman–Crippen MR) is 83.2 cm³/mol. The van der Waals surface area contributed by atoms with Crippen molar-refractivity contribution in [3.05, 3.63) is 23.3 Å². The highest BCUT2D eigenvalue weighted by atomic mass is 16.4. The normalized spacial score (nSPS) is 31.4. The van der Waals surface area contributed by atoms with Gasteiger partial charge >= 0.3 is 5.97 Å². The van der Waals surface area contributed by atoms with Gasteiger partial charge in [-0.05, 0) is 33.6 Å². The molecule has 110 valence electrons. The Morgan fingerprint density at radius 3 is 2.20 bits per heavy atom. The van der Waals surface area contributed by atoms with Crippen molar-refractivity contribution in [2.24, 2.45) is 16.2 Å². The molecule has 0 aromatic heterocycles. The van der Waals surface area contributed by atoms with Gasteiger partial charge in [-0.1, -0.05) is 50.0 Å². The highest BCUT2D eigenvalue weighted by molar-refractivity contribution is 5.85. The lowest BCUT2D eigenvalue weighted by atomic mass is 9.85. The van der Waals surface area contributed by atoms with E-state index in [0.29, 0.717) is 6.42 Å². The SMILES string of the molecule is C#CC1(C=C(C)C)C(C)(C)[C@@]1(CC(C)=CCC)C(=O)O. The summed E-state index contributed by atoms with van der Waals surface area (Å²) in [4.78, 5) is 12.0. The van der Waals surface area contributed by atoms with E-state index in [0.717, 1.165) is 17.6 Å². The van der Waals surface area contributed by atoms with Crippen LogP contribution < -0.4 is 0 Å². The summed E-state index contributed by atoms with van der Waals surface area (Å²) in [6.07, 6.45) is 11.3. The fourth-order valence-electron chi connectivity index (χ4n) is 3.79. The molecule has 0 radical (unpaired) electrons. The molecule has 0 aromatic rings. The van der Waals surface area contributed by atoms with Crippen molar-refractivity contribution in [2.75, 3.05) is 0 Å². The van der Waals surface area contributed by atoms with Crippen molar-refractivity contribution in [3.8, 4) is 12.3 Å². The minimum absolute atomic E-state index is 0.444. The largest absolute Gasteiger partial charge is 0.481 e. The molecule has 1 aliphatic rings. The highest BCUT2D eigenvalue weighted by Gasteiger charge is 2.84. The van der Waals surface area contributed by atoms with Crippen molar-refractivity contribution >= 4 is 5.97 Å². The van der Waals surface area contributed by atoms with Gasteiger partial charge in [0, 0.05) is 5.41 Å². The van der Waals surface area contributed by atoms with Gasteiger partial charge in [-0.3, -0.25) is 4.79 Å². The summed E-state index contributed by atoms with van der Waals surface area (Å²) in [5.74, 6) is 2.02. The molecule has 2 nitrogen and oxygen atoms in total. The minimum Gasteiger partial charge on any atom is -0.481 e. The van der Waals surface area contributed by atoms with E-state index in [1.807, 2.05) is 40.7 Å². The molecular formula is C18H26O2. The maximum atomic E-state index is 12.0. The Labute approximate surface area is 123 Å². The van der Waals surface area contributed by atoms with Crippen LogP contribution in [0.5, 0.6) is 0 Å². The molecule has 0 spiro atoms. The van der Waals surface area contributed by atoms with Crippen molar-refractivity contribution in [1.82, 2.24) is 0 Å². The van der Waals surface area contributed by atoms with Crippen LogP contribution in [-0.2, 0) is 4.79 Å². The average Bonchev–Trinajstić information content (AvgIpc) is 2.71. The second-order valence-electron chi connectivity index (χ2n) is 6.65. The lowest BCUT2D eigenvalue weighted by Gasteiger charge is -2.17. The molecule has 20 heavy (non-hydrogen) atoms. The molecule has 0 amide bonds. The van der Waals surface area contributed by atoms with E-state index in [1.54, 1.807) is 0 Å². The number of carboxylic acids is 1. The fraction of sp³-hybridized carbons (Fsp3) is 0.611. The highest BCUT2D eigenvalue weighted by Crippen LogP contribution is 2.81. The number of aliphatic carboxylic acids is 1. The van der Waals surface area contributed by atoms with Gasteiger partial charge in [0.15, 0.2) is 0 Å². The van der Waals surface area contributed by atoms with Crippen LogP contribution in [0, 0.1) is 28.6 Å². The molecule has 1 aliphatic carbocycles. The fourth-order valence-corrected chi connectivity index (χ4v) is 3.79. The van der Waals surface area contributed by atoms with Gasteiger partial charge in [0.2, 0.25) is 0 Å². The van der Waals surface area contributed by atoms with E-state index in [9.17, 15) is 9.90 Å². The monoisotopic (exact) mass is 274 g/mol. The number of hydrogen-bond donors (Lipinski definition) is 1. The first-order chi connectivity index (χ1) is 9.13. The zero-order valence-corrected chi connectivity index (χ0v) is 13.5. The third kappa shape index (κ3) is 1.92. The molecule has 0 bridgehead atoms. The lowest BCUT2D eigenvalue weighted by Crippen LogP contribution is -2.24. The first kappa shape index (κ1) is 16.6. The summed E-state index contributed by atoms with van der Waals surface area (Å²) in [7, 11) is 0. The molecule has 1 rings (SSSR count). The van der Waals surface area contributed by atoms with E-state index in [1.165, 1.54) is 0 Å². The molecule has 0 aliphatic heterocycles. The Bertz CT molecular complexity index is 512. The maximum Gasteiger partial charge on any atom is 0.312 e. The van der Waals surface area contributed by atoms with E-state index in [4.69, 9.17) is 6.42 Å². The summed E-state index contributed by atoms with van der Waals surface area (Å²) < 4.78 is 0. The van der Waals surface area contributed by atoms with Crippen molar-refractivity contribution in [1.29, 1.82) is 0 Å². The van der Waals surface area contributed by atoms with Crippen molar-refractivity contribution < 1.29 is 9.90 Å². The van der Waals surface area contributed by atoms with Crippen LogP contribution >= 0.6 is 0 Å². The molecule has 2 heteroatoms. The summed E-state index contributed by atoms with van der Waals surface area (Å²) in [5.41, 5.74) is 0.120. The molecule has 1 fully saturated rings. The number of carboxylic acid groups (broad SMARTS) is 1. The van der Waals surface area contributed by atoms with Gasteiger partial charge in [0.1, 0.15) is 0 Å². The van der Waals surface area contributed by atoms with E-state index < -0.39 is 22.2 Å². The summed E-state index contributed by atoms with van der Waals surface area (Å²) >= 11 is 0. The Balaban J connectivity index is 3.42. The van der Waals surface area contributed by atoms with Crippen LogP contribution in [0.25, 0.3) is 0 Å². The number of allylic oxidation sites excluding steroid dienone is 4. The van der Waals surface area contributed by atoms with Gasteiger partial charge in [-0.2, -0.15) is 0 Å². The van der Waals surface area contributed by atoms with E-state index in [-0.39, 0.29) is 0 Å². The quantitative estimate of drug-likeness (QED) is 0.595. The third-order valence-corrected chi connectivity index (χ3v) is 4.86. The minimum atomic E-state index is -0.901. The maximum absolute atomic E-state index is 12.0. The molecule has 1 unspecified atom stereocenters. The average molecular weight is 274 g/mol. The molecule has 0 heterocycles.